The van der Waals surface area contributed by atoms with E-state index in [1.54, 1.807) is 16.3 Å². The lowest BCUT2D eigenvalue weighted by atomic mass is 10.2. The van der Waals surface area contributed by atoms with Crippen LogP contribution in [0.15, 0.2) is 42.5 Å². The van der Waals surface area contributed by atoms with Crippen molar-refractivity contribution in [3.8, 4) is 5.75 Å². The van der Waals surface area contributed by atoms with E-state index in [1.165, 1.54) is 0 Å². The van der Waals surface area contributed by atoms with E-state index < -0.39 is 0 Å². The van der Waals surface area contributed by atoms with Crippen molar-refractivity contribution in [2.24, 2.45) is 7.05 Å². The van der Waals surface area contributed by atoms with Gasteiger partial charge in [0.25, 0.3) is 0 Å². The summed E-state index contributed by atoms with van der Waals surface area (Å²) in [6.45, 7) is 0. The number of nitrogen functional groups attached to an aromatic ring is 1. The minimum absolute atomic E-state index is 0.252. The van der Waals surface area contributed by atoms with E-state index in [9.17, 15) is 0 Å². The average Bonchev–Trinajstić information content (AvgIpc) is 3.42. The number of nitrogens with zero attached hydrogens (tertiary/aromatic N) is 6. The molecule has 0 bridgehead atoms. The summed E-state index contributed by atoms with van der Waals surface area (Å²) < 4.78 is 8.51. The van der Waals surface area contributed by atoms with Crippen molar-refractivity contribution in [3.63, 3.8) is 0 Å². The molecule has 3 heterocycles. The van der Waals surface area contributed by atoms with Crippen LogP contribution in [0.2, 0.25) is 0 Å². The number of methoxy groups -OCH3 is 1. The molecule has 1 aliphatic rings. The number of allylic oxidation sites excluding steroid dienone is 4. The molecule has 28 heavy (non-hydrogen) atoms. The highest BCUT2D eigenvalue weighted by molar-refractivity contribution is 6.00. The number of benzene rings is 1. The summed E-state index contributed by atoms with van der Waals surface area (Å²) in [6.07, 6.45) is 6.88. The summed E-state index contributed by atoms with van der Waals surface area (Å²) in [5, 5.41) is 13.2. The second-order valence-electron chi connectivity index (χ2n) is 6.49. The molecule has 1 aliphatic carbocycles. The molecule has 0 spiro atoms. The molecular formula is C19H18N8O. The van der Waals surface area contributed by atoms with Crippen LogP contribution in [-0.4, -0.2) is 36.5 Å². The number of aryl methyl sites for hydroxylation is 1. The molecule has 3 N–H and O–H groups in total. The fourth-order valence-electron chi connectivity index (χ4n) is 3.29. The number of nitrogens with two attached hydrogens (primary N) is 1. The number of hydrogen-bond acceptors (Lipinski definition) is 7. The lowest BCUT2D eigenvalue weighted by Crippen LogP contribution is -2.03. The van der Waals surface area contributed by atoms with Gasteiger partial charge in [0.2, 0.25) is 5.95 Å². The van der Waals surface area contributed by atoms with Gasteiger partial charge in [-0.05, 0) is 30.7 Å². The van der Waals surface area contributed by atoms with E-state index in [2.05, 4.69) is 26.6 Å². The predicted molar refractivity (Wildman–Crippen MR) is 107 cm³/mol. The van der Waals surface area contributed by atoms with E-state index >= 15 is 0 Å². The molecule has 9 heteroatoms. The quantitative estimate of drug-likeness (QED) is 0.565. The largest absolute Gasteiger partial charge is 0.497 e. The van der Waals surface area contributed by atoms with Crippen molar-refractivity contribution in [2.45, 2.75) is 6.42 Å². The summed E-state index contributed by atoms with van der Waals surface area (Å²) >= 11 is 0. The standard InChI is InChI=1S/C19H18N8O/c1-26-17(21-12-7-9-13(28-2)10-8-12)14-16(24-26)23-19(20)27-18(14)22-15(25-27)11-5-3-4-6-11/h3-5,7-10,21H,6H2,1-2H3,(H2,20,23,24). The first kappa shape index (κ1) is 16.3. The maximum absolute atomic E-state index is 6.11. The Hall–Kier alpha value is -3.88. The maximum Gasteiger partial charge on any atom is 0.225 e. The highest BCUT2D eigenvalue weighted by Gasteiger charge is 2.21. The number of nitrogens with one attached hydrogen (secondary N) is 1. The van der Waals surface area contributed by atoms with Crippen molar-refractivity contribution >= 4 is 39.7 Å². The zero-order chi connectivity index (χ0) is 19.3. The number of fused-ring (bicyclic) bond motifs is 3. The van der Waals surface area contributed by atoms with Crippen LogP contribution < -0.4 is 15.8 Å². The van der Waals surface area contributed by atoms with Gasteiger partial charge in [-0.25, -0.2) is 9.67 Å². The Morgan fingerprint density at radius 3 is 2.68 bits per heavy atom. The molecule has 3 aromatic heterocycles. The number of rotatable bonds is 4. The molecular weight excluding hydrogens is 356 g/mol. The third-order valence-electron chi connectivity index (χ3n) is 4.71. The molecule has 0 amide bonds. The minimum atomic E-state index is 0.252. The summed E-state index contributed by atoms with van der Waals surface area (Å²) in [4.78, 5) is 9.14. The molecule has 1 aromatic carbocycles. The van der Waals surface area contributed by atoms with Gasteiger partial charge in [0.05, 0.1) is 7.11 Å². The van der Waals surface area contributed by atoms with Gasteiger partial charge in [0.1, 0.15) is 17.0 Å². The Kier molecular flexibility index (Phi) is 3.54. The first-order valence-corrected chi connectivity index (χ1v) is 8.80. The van der Waals surface area contributed by atoms with Crippen LogP contribution in [0.4, 0.5) is 17.5 Å². The lowest BCUT2D eigenvalue weighted by molar-refractivity contribution is 0.415. The Morgan fingerprint density at radius 1 is 1.14 bits per heavy atom. The van der Waals surface area contributed by atoms with Crippen LogP contribution in [0.5, 0.6) is 5.75 Å². The lowest BCUT2D eigenvalue weighted by Gasteiger charge is -2.08. The van der Waals surface area contributed by atoms with Gasteiger partial charge < -0.3 is 15.8 Å². The topological polar surface area (TPSA) is 108 Å². The molecule has 0 saturated heterocycles. The summed E-state index contributed by atoms with van der Waals surface area (Å²) in [7, 11) is 3.49. The number of anilines is 3. The fraction of sp³-hybridized carbons (Fsp3) is 0.158. The number of ether oxygens (including phenoxy) is 1. The second kappa shape index (κ2) is 6.08. The monoisotopic (exact) mass is 374 g/mol. The third-order valence-corrected chi connectivity index (χ3v) is 4.71. The highest BCUT2D eigenvalue weighted by Crippen LogP contribution is 2.31. The van der Waals surface area contributed by atoms with E-state index in [1.807, 2.05) is 43.5 Å². The van der Waals surface area contributed by atoms with Gasteiger partial charge >= 0.3 is 0 Å². The summed E-state index contributed by atoms with van der Waals surface area (Å²) in [5.74, 6) is 2.44. The predicted octanol–water partition coefficient (Wildman–Crippen LogP) is 2.69. The van der Waals surface area contributed by atoms with E-state index in [0.717, 1.165) is 34.6 Å². The van der Waals surface area contributed by atoms with Gasteiger partial charge in [-0.2, -0.15) is 14.6 Å². The van der Waals surface area contributed by atoms with Gasteiger partial charge in [0, 0.05) is 18.3 Å². The molecule has 0 unspecified atom stereocenters. The molecule has 140 valence electrons. The van der Waals surface area contributed by atoms with E-state index in [4.69, 9.17) is 15.5 Å². The highest BCUT2D eigenvalue weighted by atomic mass is 16.5. The van der Waals surface area contributed by atoms with Crippen LogP contribution in [0, 0.1) is 0 Å². The molecule has 0 saturated carbocycles. The first-order valence-electron chi connectivity index (χ1n) is 8.80. The fourth-order valence-corrected chi connectivity index (χ4v) is 3.29. The van der Waals surface area contributed by atoms with Gasteiger partial charge in [0.15, 0.2) is 17.1 Å². The Labute approximate surface area is 160 Å². The van der Waals surface area contributed by atoms with Crippen LogP contribution in [-0.2, 0) is 7.05 Å². The van der Waals surface area contributed by atoms with Gasteiger partial charge in [-0.1, -0.05) is 18.2 Å². The average molecular weight is 374 g/mol. The third kappa shape index (κ3) is 2.48. The minimum Gasteiger partial charge on any atom is -0.497 e. The number of hydrogen-bond donors (Lipinski definition) is 2. The van der Waals surface area contributed by atoms with Crippen molar-refractivity contribution in [2.75, 3.05) is 18.2 Å². The molecule has 0 radical (unpaired) electrons. The number of aromatic nitrogens is 6. The van der Waals surface area contributed by atoms with Crippen molar-refractivity contribution in [3.05, 3.63) is 48.3 Å². The molecule has 0 fully saturated rings. The SMILES string of the molecule is COc1ccc(Nc2c3c(nc(N)n4nc(C5=CC=CC5)nc34)nn2C)cc1. The molecule has 0 aliphatic heterocycles. The van der Waals surface area contributed by atoms with E-state index in [0.29, 0.717) is 17.1 Å². The summed E-state index contributed by atoms with van der Waals surface area (Å²) in [6, 6.07) is 7.65. The van der Waals surface area contributed by atoms with Crippen LogP contribution in [0.3, 0.4) is 0 Å². The van der Waals surface area contributed by atoms with E-state index in [-0.39, 0.29) is 5.95 Å². The smallest absolute Gasteiger partial charge is 0.225 e. The van der Waals surface area contributed by atoms with Crippen molar-refractivity contribution in [1.82, 2.24) is 29.4 Å². The molecule has 4 aromatic rings. The summed E-state index contributed by atoms with van der Waals surface area (Å²) in [5.41, 5.74) is 9.18. The first-order chi connectivity index (χ1) is 13.6. The van der Waals surface area contributed by atoms with Gasteiger partial charge in [-0.15, -0.1) is 5.10 Å². The van der Waals surface area contributed by atoms with Gasteiger partial charge in [-0.3, -0.25) is 0 Å². The molecule has 9 nitrogen and oxygen atoms in total. The normalized spacial score (nSPS) is 13.4. The van der Waals surface area contributed by atoms with Crippen molar-refractivity contribution in [1.29, 1.82) is 0 Å². The Bertz CT molecular complexity index is 1260. The van der Waals surface area contributed by atoms with Crippen LogP contribution >= 0.6 is 0 Å². The molecule has 0 atom stereocenters. The Morgan fingerprint density at radius 2 is 1.96 bits per heavy atom. The molecule has 5 rings (SSSR count). The second-order valence-corrected chi connectivity index (χ2v) is 6.49. The zero-order valence-corrected chi connectivity index (χ0v) is 15.4. The van der Waals surface area contributed by atoms with Crippen LogP contribution in [0.25, 0.3) is 22.3 Å². The maximum atomic E-state index is 6.11. The van der Waals surface area contributed by atoms with Crippen molar-refractivity contribution < 1.29 is 4.74 Å². The zero-order valence-electron chi connectivity index (χ0n) is 15.4. The van der Waals surface area contributed by atoms with Crippen LogP contribution in [0.1, 0.15) is 12.2 Å². The Balaban J connectivity index is 1.67.